The number of likely N-dealkylation sites (tertiary alicyclic amines) is 2. The first kappa shape index (κ1) is 15.4. The van der Waals surface area contributed by atoms with Gasteiger partial charge in [0.25, 0.3) is 0 Å². The van der Waals surface area contributed by atoms with Crippen molar-refractivity contribution in [1.29, 1.82) is 0 Å². The summed E-state index contributed by atoms with van der Waals surface area (Å²) in [5, 5.41) is 0. The summed E-state index contributed by atoms with van der Waals surface area (Å²) in [6.07, 6.45) is 8.57. The Labute approximate surface area is 136 Å². The van der Waals surface area contributed by atoms with Gasteiger partial charge in [0.1, 0.15) is 0 Å². The molecule has 4 aliphatic rings. The number of nitrogens with zero attached hydrogens (tertiary/aromatic N) is 2. The van der Waals surface area contributed by atoms with Crippen molar-refractivity contribution in [2.75, 3.05) is 32.8 Å². The number of rotatable bonds is 3. The molecule has 3 heterocycles. The Morgan fingerprint density at radius 2 is 1.82 bits per heavy atom. The molecule has 0 aromatic carbocycles. The van der Waals surface area contributed by atoms with Crippen molar-refractivity contribution in [3.8, 4) is 0 Å². The van der Waals surface area contributed by atoms with Crippen LogP contribution in [0.1, 0.15) is 59.3 Å². The number of piperidine rings is 1. The Morgan fingerprint density at radius 3 is 2.32 bits per heavy atom. The molecule has 3 saturated heterocycles. The second-order valence-corrected chi connectivity index (χ2v) is 9.10. The average molecular weight is 306 g/mol. The zero-order valence-electron chi connectivity index (χ0n) is 14.8. The average Bonchev–Trinajstić information content (AvgIpc) is 2.86. The van der Waals surface area contributed by atoms with Crippen LogP contribution in [0.3, 0.4) is 0 Å². The molecule has 1 saturated carbocycles. The van der Waals surface area contributed by atoms with E-state index in [2.05, 4.69) is 30.6 Å². The Balaban J connectivity index is 1.43. The summed E-state index contributed by atoms with van der Waals surface area (Å²) in [6.45, 7) is 13.3. The quantitative estimate of drug-likeness (QED) is 0.797. The molecule has 4 fully saturated rings. The van der Waals surface area contributed by atoms with Crippen LogP contribution in [0.25, 0.3) is 0 Å². The fourth-order valence-corrected chi connectivity index (χ4v) is 5.79. The first-order valence-corrected chi connectivity index (χ1v) is 9.62. The van der Waals surface area contributed by atoms with Crippen LogP contribution in [0.4, 0.5) is 0 Å². The number of ether oxygens (including phenoxy) is 1. The molecule has 2 spiro atoms. The molecule has 3 nitrogen and oxygen atoms in total. The SMILES string of the molecule is CC(C1CN(C(C)C)C2(CCC2)C1)N1CCCC2(COC2)C1. The maximum atomic E-state index is 5.54. The Bertz CT molecular complexity index is 414. The third-order valence-corrected chi connectivity index (χ3v) is 7.36. The molecule has 0 amide bonds. The highest BCUT2D eigenvalue weighted by Gasteiger charge is 2.52. The molecule has 2 atom stereocenters. The highest BCUT2D eigenvalue weighted by Crippen LogP contribution is 2.50. The molecule has 3 heteroatoms. The van der Waals surface area contributed by atoms with Crippen LogP contribution < -0.4 is 0 Å². The fourth-order valence-electron chi connectivity index (χ4n) is 5.79. The van der Waals surface area contributed by atoms with Gasteiger partial charge in [0.15, 0.2) is 0 Å². The molecule has 0 radical (unpaired) electrons. The lowest BCUT2D eigenvalue weighted by Crippen LogP contribution is -2.57. The van der Waals surface area contributed by atoms with E-state index in [0.717, 1.165) is 25.2 Å². The van der Waals surface area contributed by atoms with Gasteiger partial charge in [0, 0.05) is 36.1 Å². The third-order valence-electron chi connectivity index (χ3n) is 7.36. The van der Waals surface area contributed by atoms with Gasteiger partial charge in [-0.1, -0.05) is 0 Å². The van der Waals surface area contributed by atoms with Crippen molar-refractivity contribution in [1.82, 2.24) is 9.80 Å². The largest absolute Gasteiger partial charge is 0.380 e. The van der Waals surface area contributed by atoms with Gasteiger partial charge in [-0.25, -0.2) is 0 Å². The molecular formula is C19H34N2O. The third kappa shape index (κ3) is 2.35. The molecule has 4 rings (SSSR count). The Morgan fingerprint density at radius 1 is 1.05 bits per heavy atom. The van der Waals surface area contributed by atoms with Crippen LogP contribution in [0.15, 0.2) is 0 Å². The lowest BCUT2D eigenvalue weighted by molar-refractivity contribution is -0.150. The minimum atomic E-state index is 0.525. The molecular weight excluding hydrogens is 272 g/mol. The smallest absolute Gasteiger partial charge is 0.0557 e. The zero-order valence-corrected chi connectivity index (χ0v) is 14.8. The van der Waals surface area contributed by atoms with Crippen LogP contribution in [-0.2, 0) is 4.74 Å². The van der Waals surface area contributed by atoms with E-state index in [0.29, 0.717) is 17.0 Å². The van der Waals surface area contributed by atoms with Gasteiger partial charge >= 0.3 is 0 Å². The topological polar surface area (TPSA) is 15.7 Å². The maximum Gasteiger partial charge on any atom is 0.0557 e. The van der Waals surface area contributed by atoms with Gasteiger partial charge in [0.05, 0.1) is 13.2 Å². The van der Waals surface area contributed by atoms with E-state index in [9.17, 15) is 0 Å². The first-order valence-electron chi connectivity index (χ1n) is 9.62. The van der Waals surface area contributed by atoms with Crippen molar-refractivity contribution >= 4 is 0 Å². The lowest BCUT2D eigenvalue weighted by atomic mass is 9.72. The van der Waals surface area contributed by atoms with Crippen LogP contribution in [0, 0.1) is 11.3 Å². The molecule has 126 valence electrons. The molecule has 0 N–H and O–H groups in total. The van der Waals surface area contributed by atoms with Gasteiger partial charge in [-0.05, 0) is 71.8 Å². The highest BCUT2D eigenvalue weighted by atomic mass is 16.5. The van der Waals surface area contributed by atoms with E-state index < -0.39 is 0 Å². The van der Waals surface area contributed by atoms with Crippen molar-refractivity contribution in [2.45, 2.75) is 76.9 Å². The van der Waals surface area contributed by atoms with Gasteiger partial charge in [-0.3, -0.25) is 9.80 Å². The predicted molar refractivity (Wildman–Crippen MR) is 90.1 cm³/mol. The second-order valence-electron chi connectivity index (χ2n) is 9.10. The number of hydrogen-bond acceptors (Lipinski definition) is 3. The van der Waals surface area contributed by atoms with Crippen LogP contribution in [0.2, 0.25) is 0 Å². The molecule has 3 aliphatic heterocycles. The molecule has 0 bridgehead atoms. The van der Waals surface area contributed by atoms with E-state index in [1.54, 1.807) is 0 Å². The monoisotopic (exact) mass is 306 g/mol. The first-order chi connectivity index (χ1) is 10.5. The van der Waals surface area contributed by atoms with E-state index in [-0.39, 0.29) is 0 Å². The van der Waals surface area contributed by atoms with Crippen molar-refractivity contribution in [3.05, 3.63) is 0 Å². The second kappa shape index (κ2) is 5.46. The molecule has 22 heavy (non-hydrogen) atoms. The summed E-state index contributed by atoms with van der Waals surface area (Å²) in [6, 6.07) is 1.46. The standard InChI is InChI=1S/C19H34N2O/c1-15(2)21-11-17(10-19(21)7-4-8-19)16(3)20-9-5-6-18(12-20)13-22-14-18/h15-17H,4-14H2,1-3H3. The van der Waals surface area contributed by atoms with E-state index in [1.807, 2.05) is 0 Å². The zero-order chi connectivity index (χ0) is 15.4. The fraction of sp³-hybridized carbons (Fsp3) is 1.00. The van der Waals surface area contributed by atoms with E-state index in [1.165, 1.54) is 58.2 Å². The van der Waals surface area contributed by atoms with Crippen LogP contribution >= 0.6 is 0 Å². The summed E-state index contributed by atoms with van der Waals surface area (Å²) < 4.78 is 5.54. The van der Waals surface area contributed by atoms with Crippen molar-refractivity contribution in [3.63, 3.8) is 0 Å². The highest BCUT2D eigenvalue weighted by molar-refractivity contribution is 5.07. The van der Waals surface area contributed by atoms with Crippen LogP contribution in [0.5, 0.6) is 0 Å². The lowest BCUT2D eigenvalue weighted by Gasteiger charge is -2.50. The summed E-state index contributed by atoms with van der Waals surface area (Å²) in [5.74, 6) is 0.874. The van der Waals surface area contributed by atoms with Crippen molar-refractivity contribution < 1.29 is 4.74 Å². The minimum absolute atomic E-state index is 0.525. The maximum absolute atomic E-state index is 5.54. The normalized spacial score (nSPS) is 35.7. The summed E-state index contributed by atoms with van der Waals surface area (Å²) in [7, 11) is 0. The molecule has 1 aliphatic carbocycles. The van der Waals surface area contributed by atoms with Gasteiger partial charge in [-0.15, -0.1) is 0 Å². The predicted octanol–water partition coefficient (Wildman–Crippen LogP) is 3.14. The van der Waals surface area contributed by atoms with Crippen molar-refractivity contribution in [2.24, 2.45) is 11.3 Å². The van der Waals surface area contributed by atoms with Crippen LogP contribution in [-0.4, -0.2) is 60.3 Å². The van der Waals surface area contributed by atoms with Gasteiger partial charge in [-0.2, -0.15) is 0 Å². The summed E-state index contributed by atoms with van der Waals surface area (Å²) >= 11 is 0. The summed E-state index contributed by atoms with van der Waals surface area (Å²) in [5.41, 5.74) is 1.11. The number of hydrogen-bond donors (Lipinski definition) is 0. The van der Waals surface area contributed by atoms with E-state index >= 15 is 0 Å². The molecule has 0 aromatic heterocycles. The molecule has 0 aromatic rings. The molecule has 2 unspecified atom stereocenters. The Kier molecular flexibility index (Phi) is 3.82. The summed E-state index contributed by atoms with van der Waals surface area (Å²) in [4.78, 5) is 5.66. The van der Waals surface area contributed by atoms with Gasteiger partial charge in [0.2, 0.25) is 0 Å². The van der Waals surface area contributed by atoms with Gasteiger partial charge < -0.3 is 4.74 Å². The Hall–Kier alpha value is -0.120. The minimum Gasteiger partial charge on any atom is -0.380 e. The van der Waals surface area contributed by atoms with E-state index in [4.69, 9.17) is 4.74 Å².